The van der Waals surface area contributed by atoms with Crippen molar-refractivity contribution in [2.24, 2.45) is 0 Å². The molecule has 0 N–H and O–H groups in total. The van der Waals surface area contributed by atoms with Crippen LogP contribution in [0.15, 0.2) is 43.1 Å². The van der Waals surface area contributed by atoms with Gasteiger partial charge >= 0.3 is 0 Å². The van der Waals surface area contributed by atoms with E-state index in [1.165, 1.54) is 5.69 Å². The van der Waals surface area contributed by atoms with E-state index in [4.69, 9.17) is 0 Å². The Labute approximate surface area is 101 Å². The molecule has 0 amide bonds. The number of nitrogens with zero attached hydrogens (tertiary/aromatic N) is 4. The van der Waals surface area contributed by atoms with Gasteiger partial charge in [-0.05, 0) is 12.1 Å². The molecule has 0 aliphatic heterocycles. The van der Waals surface area contributed by atoms with E-state index >= 15 is 0 Å². The lowest BCUT2D eigenvalue weighted by molar-refractivity contribution is 0.604. The highest BCUT2D eigenvalue weighted by Gasteiger charge is 2.03. The zero-order valence-corrected chi connectivity index (χ0v) is 10.2. The van der Waals surface area contributed by atoms with Crippen LogP contribution in [0.3, 0.4) is 0 Å². The van der Waals surface area contributed by atoms with Crippen molar-refractivity contribution in [3.63, 3.8) is 0 Å². The molecule has 1 aromatic heterocycles. The van der Waals surface area contributed by atoms with E-state index < -0.39 is 0 Å². The molecule has 0 aliphatic carbocycles. The summed E-state index contributed by atoms with van der Waals surface area (Å²) in [6.45, 7) is 4.30. The van der Waals surface area contributed by atoms with Crippen molar-refractivity contribution in [3.05, 3.63) is 43.1 Å². The summed E-state index contributed by atoms with van der Waals surface area (Å²) in [6.07, 6.45) is 3.55. The minimum Gasteiger partial charge on any atom is -0.378 e. The van der Waals surface area contributed by atoms with Gasteiger partial charge in [0.05, 0.1) is 12.7 Å². The summed E-state index contributed by atoms with van der Waals surface area (Å²) in [5.74, 6) is 0. The number of allylic oxidation sites excluding steroid dienone is 1. The molecule has 2 rings (SSSR count). The third-order valence-corrected chi connectivity index (χ3v) is 2.51. The Kier molecular flexibility index (Phi) is 3.23. The molecular weight excluding hydrogens is 212 g/mol. The number of anilines is 1. The first-order chi connectivity index (χ1) is 8.20. The van der Waals surface area contributed by atoms with E-state index in [0.29, 0.717) is 6.54 Å². The van der Waals surface area contributed by atoms with Crippen molar-refractivity contribution in [2.45, 2.75) is 6.54 Å². The van der Waals surface area contributed by atoms with Gasteiger partial charge in [0, 0.05) is 25.3 Å². The van der Waals surface area contributed by atoms with E-state index in [1.807, 2.05) is 14.1 Å². The number of aromatic nitrogens is 3. The molecule has 0 unspecified atom stereocenters. The first-order valence-electron chi connectivity index (χ1n) is 5.49. The molecule has 1 heterocycles. The number of rotatable bonds is 4. The second-order valence-corrected chi connectivity index (χ2v) is 4.01. The first-order valence-corrected chi connectivity index (χ1v) is 5.49. The molecule has 0 bridgehead atoms. The van der Waals surface area contributed by atoms with Gasteiger partial charge < -0.3 is 4.90 Å². The maximum atomic E-state index is 4.37. The zero-order valence-electron chi connectivity index (χ0n) is 10.2. The van der Waals surface area contributed by atoms with Gasteiger partial charge in [0.1, 0.15) is 5.69 Å². The van der Waals surface area contributed by atoms with Crippen LogP contribution in [0, 0.1) is 0 Å². The van der Waals surface area contributed by atoms with Crippen LogP contribution in [0.5, 0.6) is 0 Å². The second-order valence-electron chi connectivity index (χ2n) is 4.01. The van der Waals surface area contributed by atoms with Crippen LogP contribution in [0.2, 0.25) is 0 Å². The van der Waals surface area contributed by atoms with Crippen LogP contribution in [-0.2, 0) is 6.54 Å². The molecule has 0 radical (unpaired) electrons. The van der Waals surface area contributed by atoms with Crippen molar-refractivity contribution < 1.29 is 0 Å². The van der Waals surface area contributed by atoms with Crippen LogP contribution in [0.25, 0.3) is 11.3 Å². The molecule has 88 valence electrons. The van der Waals surface area contributed by atoms with E-state index in [1.54, 1.807) is 17.1 Å². The Balaban J connectivity index is 2.23. The average Bonchev–Trinajstić information content (AvgIpc) is 2.78. The van der Waals surface area contributed by atoms with Crippen molar-refractivity contribution in [3.8, 4) is 11.3 Å². The largest absolute Gasteiger partial charge is 0.378 e. The van der Waals surface area contributed by atoms with Gasteiger partial charge in [-0.15, -0.1) is 6.58 Å². The monoisotopic (exact) mass is 228 g/mol. The summed E-state index contributed by atoms with van der Waals surface area (Å²) in [4.78, 5) is 3.69. The van der Waals surface area contributed by atoms with Gasteiger partial charge in [-0.1, -0.05) is 18.2 Å². The smallest absolute Gasteiger partial charge is 0.113 e. The van der Waals surface area contributed by atoms with Gasteiger partial charge in [-0.3, -0.25) is 0 Å². The van der Waals surface area contributed by atoms with Gasteiger partial charge in [-0.25, -0.2) is 0 Å². The predicted molar refractivity (Wildman–Crippen MR) is 70.0 cm³/mol. The highest BCUT2D eigenvalue weighted by atomic mass is 15.5. The molecule has 0 saturated carbocycles. The van der Waals surface area contributed by atoms with Crippen LogP contribution in [-0.4, -0.2) is 29.1 Å². The molecule has 0 fully saturated rings. The zero-order chi connectivity index (χ0) is 12.3. The summed E-state index contributed by atoms with van der Waals surface area (Å²) >= 11 is 0. The summed E-state index contributed by atoms with van der Waals surface area (Å²) in [5, 5.41) is 8.53. The summed E-state index contributed by atoms with van der Waals surface area (Å²) in [6, 6.07) is 8.25. The Bertz CT molecular complexity index is 496. The summed E-state index contributed by atoms with van der Waals surface area (Å²) < 4.78 is 0. The molecule has 4 heteroatoms. The van der Waals surface area contributed by atoms with E-state index in [-0.39, 0.29) is 0 Å². The number of hydrogen-bond acceptors (Lipinski definition) is 3. The molecule has 1 aromatic carbocycles. The Morgan fingerprint density at radius 1 is 1.29 bits per heavy atom. The number of hydrogen-bond donors (Lipinski definition) is 0. The molecule has 0 spiro atoms. The van der Waals surface area contributed by atoms with Gasteiger partial charge in [-0.2, -0.15) is 15.0 Å². The Morgan fingerprint density at radius 2 is 2.00 bits per heavy atom. The highest BCUT2D eigenvalue weighted by Crippen LogP contribution is 2.19. The maximum absolute atomic E-state index is 4.37. The van der Waals surface area contributed by atoms with Gasteiger partial charge in [0.25, 0.3) is 0 Å². The standard InChI is InChI=1S/C13H16N4/c1-4-9-17-14-10-13(15-17)11-5-7-12(8-6-11)16(2)3/h4-8,10H,1,9H2,2-3H3. The SMILES string of the molecule is C=CCn1ncc(-c2ccc(N(C)C)cc2)n1. The van der Waals surface area contributed by atoms with Crippen molar-refractivity contribution >= 4 is 5.69 Å². The average molecular weight is 228 g/mol. The summed E-state index contributed by atoms with van der Waals surface area (Å²) in [7, 11) is 4.05. The number of benzene rings is 1. The van der Waals surface area contributed by atoms with Crippen LogP contribution in [0.4, 0.5) is 5.69 Å². The van der Waals surface area contributed by atoms with Gasteiger partial charge in [0.15, 0.2) is 0 Å². The Hall–Kier alpha value is -2.10. The fourth-order valence-corrected chi connectivity index (χ4v) is 1.56. The quantitative estimate of drug-likeness (QED) is 0.752. The molecule has 2 aromatic rings. The first kappa shape index (κ1) is 11.4. The lowest BCUT2D eigenvalue weighted by Gasteiger charge is -2.11. The van der Waals surface area contributed by atoms with E-state index in [0.717, 1.165) is 11.3 Å². The van der Waals surface area contributed by atoms with Crippen molar-refractivity contribution in [2.75, 3.05) is 19.0 Å². The minimum absolute atomic E-state index is 0.635. The fourth-order valence-electron chi connectivity index (χ4n) is 1.56. The fraction of sp³-hybridized carbons (Fsp3) is 0.231. The second kappa shape index (κ2) is 4.82. The third kappa shape index (κ3) is 2.53. The predicted octanol–water partition coefficient (Wildman–Crippen LogP) is 2.20. The van der Waals surface area contributed by atoms with Crippen LogP contribution >= 0.6 is 0 Å². The van der Waals surface area contributed by atoms with Crippen LogP contribution < -0.4 is 4.90 Å². The molecule has 0 aliphatic rings. The Morgan fingerprint density at radius 3 is 2.59 bits per heavy atom. The molecule has 4 nitrogen and oxygen atoms in total. The topological polar surface area (TPSA) is 34.0 Å². The molecule has 0 atom stereocenters. The highest BCUT2D eigenvalue weighted by molar-refractivity contribution is 5.61. The van der Waals surface area contributed by atoms with Crippen LogP contribution in [0.1, 0.15) is 0 Å². The lowest BCUT2D eigenvalue weighted by atomic mass is 10.1. The normalized spacial score (nSPS) is 10.2. The maximum Gasteiger partial charge on any atom is 0.113 e. The molecule has 17 heavy (non-hydrogen) atoms. The van der Waals surface area contributed by atoms with Crippen molar-refractivity contribution in [1.82, 2.24) is 15.0 Å². The summed E-state index contributed by atoms with van der Waals surface area (Å²) in [5.41, 5.74) is 3.13. The third-order valence-electron chi connectivity index (χ3n) is 2.51. The molecule has 0 saturated heterocycles. The van der Waals surface area contributed by atoms with E-state index in [2.05, 4.69) is 45.9 Å². The van der Waals surface area contributed by atoms with Gasteiger partial charge in [0.2, 0.25) is 0 Å². The van der Waals surface area contributed by atoms with E-state index in [9.17, 15) is 0 Å². The minimum atomic E-state index is 0.635. The van der Waals surface area contributed by atoms with Crippen molar-refractivity contribution in [1.29, 1.82) is 0 Å². The lowest BCUT2D eigenvalue weighted by Crippen LogP contribution is -2.07. The molecular formula is C13H16N4.